The first-order valence-electron chi connectivity index (χ1n) is 2.61. The highest BCUT2D eigenvalue weighted by molar-refractivity contribution is 5.08. The van der Waals surface area contributed by atoms with Gasteiger partial charge in [0.1, 0.15) is 5.60 Å². The van der Waals surface area contributed by atoms with Crippen molar-refractivity contribution in [2.45, 2.75) is 26.4 Å². The van der Waals surface area contributed by atoms with E-state index in [0.29, 0.717) is 0 Å². The van der Waals surface area contributed by atoms with Crippen molar-refractivity contribution < 1.29 is 4.74 Å². The Hall–Kier alpha value is -0.480. The number of ether oxygens (including phenoxy) is 1. The Labute approximate surface area is 51.0 Å². The molecule has 0 aliphatic rings. The van der Waals surface area contributed by atoms with Crippen molar-refractivity contribution in [2.75, 3.05) is 7.11 Å². The first kappa shape index (κ1) is 7.52. The van der Waals surface area contributed by atoms with Gasteiger partial charge >= 0.3 is 0 Å². The lowest BCUT2D eigenvalue weighted by atomic mass is 10.1. The smallest absolute Gasteiger partial charge is 0.122 e. The summed E-state index contributed by atoms with van der Waals surface area (Å²) in [6, 6.07) is 0. The van der Waals surface area contributed by atoms with E-state index >= 15 is 0 Å². The van der Waals surface area contributed by atoms with Crippen LogP contribution in [0.5, 0.6) is 0 Å². The van der Waals surface area contributed by atoms with E-state index in [1.54, 1.807) is 14.0 Å². The molecular weight excluding hydrogens is 100 g/mol. The molecule has 0 heterocycles. The molecule has 0 aromatic carbocycles. The molecule has 0 unspecified atom stereocenters. The molecule has 0 atom stereocenters. The van der Waals surface area contributed by atoms with E-state index in [9.17, 15) is 0 Å². The number of hydrogen-bond acceptors (Lipinski definition) is 1. The molecular formula is C7H12O. The summed E-state index contributed by atoms with van der Waals surface area (Å²) in [5.74, 6) is 5.68. The van der Waals surface area contributed by atoms with Crippen molar-refractivity contribution in [3.05, 3.63) is 0 Å². The van der Waals surface area contributed by atoms with E-state index < -0.39 is 0 Å². The standard InChI is InChI=1S/C7H12O/c1-5-6-7(2,3)8-4/h1-4H3. The Balaban J connectivity index is 3.85. The largest absolute Gasteiger partial charge is 0.366 e. The van der Waals surface area contributed by atoms with Gasteiger partial charge in [-0.05, 0) is 20.8 Å². The van der Waals surface area contributed by atoms with Crippen molar-refractivity contribution in [2.24, 2.45) is 0 Å². The number of hydrogen-bond donors (Lipinski definition) is 0. The molecule has 46 valence electrons. The molecule has 0 aromatic heterocycles. The zero-order valence-corrected chi connectivity index (χ0v) is 5.91. The van der Waals surface area contributed by atoms with Gasteiger partial charge in [0.2, 0.25) is 0 Å². The van der Waals surface area contributed by atoms with Crippen LogP contribution in [-0.4, -0.2) is 12.7 Å². The molecule has 8 heavy (non-hydrogen) atoms. The molecule has 0 aromatic rings. The zero-order valence-electron chi connectivity index (χ0n) is 5.91. The van der Waals surface area contributed by atoms with Gasteiger partial charge in [-0.15, -0.1) is 5.92 Å². The molecule has 0 aliphatic heterocycles. The van der Waals surface area contributed by atoms with E-state index in [4.69, 9.17) is 4.74 Å². The molecule has 1 nitrogen and oxygen atoms in total. The summed E-state index contributed by atoms with van der Waals surface area (Å²) in [5, 5.41) is 0. The van der Waals surface area contributed by atoms with Crippen molar-refractivity contribution in [3.8, 4) is 11.8 Å². The third kappa shape index (κ3) is 2.65. The van der Waals surface area contributed by atoms with Crippen LogP contribution >= 0.6 is 0 Å². The Bertz CT molecular complexity index is 114. The Morgan fingerprint density at radius 1 is 1.38 bits per heavy atom. The minimum absolute atomic E-state index is 0.269. The highest BCUT2D eigenvalue weighted by Crippen LogP contribution is 2.03. The first-order valence-corrected chi connectivity index (χ1v) is 2.61. The lowest BCUT2D eigenvalue weighted by Gasteiger charge is -2.13. The summed E-state index contributed by atoms with van der Waals surface area (Å²) in [6.45, 7) is 5.67. The average Bonchev–Trinajstić information content (AvgIpc) is 1.67. The van der Waals surface area contributed by atoms with Crippen LogP contribution in [0.2, 0.25) is 0 Å². The second-order valence-corrected chi connectivity index (χ2v) is 2.09. The fraction of sp³-hybridized carbons (Fsp3) is 0.714. The Morgan fingerprint density at radius 3 is 2.00 bits per heavy atom. The second-order valence-electron chi connectivity index (χ2n) is 2.09. The first-order chi connectivity index (χ1) is 3.62. The van der Waals surface area contributed by atoms with Crippen molar-refractivity contribution >= 4 is 0 Å². The maximum atomic E-state index is 5.00. The fourth-order valence-electron chi connectivity index (χ4n) is 0.352. The minimum Gasteiger partial charge on any atom is -0.366 e. The normalized spacial score (nSPS) is 10.0. The molecule has 0 fully saturated rings. The predicted molar refractivity (Wildman–Crippen MR) is 34.5 cm³/mol. The van der Waals surface area contributed by atoms with Gasteiger partial charge in [0.25, 0.3) is 0 Å². The molecule has 0 saturated carbocycles. The van der Waals surface area contributed by atoms with Crippen LogP contribution < -0.4 is 0 Å². The third-order valence-corrected chi connectivity index (χ3v) is 0.936. The zero-order chi connectivity index (χ0) is 6.62. The molecule has 0 N–H and O–H groups in total. The van der Waals surface area contributed by atoms with E-state index in [-0.39, 0.29) is 5.60 Å². The van der Waals surface area contributed by atoms with Crippen LogP contribution in [0.3, 0.4) is 0 Å². The lowest BCUT2D eigenvalue weighted by Crippen LogP contribution is -2.18. The Morgan fingerprint density at radius 2 is 1.88 bits per heavy atom. The van der Waals surface area contributed by atoms with Crippen molar-refractivity contribution in [3.63, 3.8) is 0 Å². The summed E-state index contributed by atoms with van der Waals surface area (Å²) < 4.78 is 5.00. The summed E-state index contributed by atoms with van der Waals surface area (Å²) in [7, 11) is 1.66. The topological polar surface area (TPSA) is 9.23 Å². The van der Waals surface area contributed by atoms with Crippen LogP contribution in [0.15, 0.2) is 0 Å². The summed E-state index contributed by atoms with van der Waals surface area (Å²) in [6.07, 6.45) is 0. The van der Waals surface area contributed by atoms with E-state index in [1.165, 1.54) is 0 Å². The second kappa shape index (κ2) is 2.74. The summed E-state index contributed by atoms with van der Waals surface area (Å²) in [4.78, 5) is 0. The molecule has 0 radical (unpaired) electrons. The van der Waals surface area contributed by atoms with Gasteiger partial charge in [-0.3, -0.25) is 0 Å². The van der Waals surface area contributed by atoms with Gasteiger partial charge < -0.3 is 4.74 Å². The van der Waals surface area contributed by atoms with Crippen LogP contribution in [0.25, 0.3) is 0 Å². The SMILES string of the molecule is CC#CC(C)(C)OC. The van der Waals surface area contributed by atoms with Crippen LogP contribution in [0.4, 0.5) is 0 Å². The highest BCUT2D eigenvalue weighted by atomic mass is 16.5. The number of rotatable bonds is 1. The van der Waals surface area contributed by atoms with Crippen LogP contribution in [0, 0.1) is 11.8 Å². The molecule has 0 aliphatic carbocycles. The van der Waals surface area contributed by atoms with E-state index in [2.05, 4.69) is 11.8 Å². The van der Waals surface area contributed by atoms with Gasteiger partial charge in [-0.1, -0.05) is 5.92 Å². The fourth-order valence-corrected chi connectivity index (χ4v) is 0.352. The van der Waals surface area contributed by atoms with Gasteiger partial charge in [-0.25, -0.2) is 0 Å². The molecule has 0 saturated heterocycles. The molecule has 0 spiro atoms. The molecule has 1 heteroatoms. The summed E-state index contributed by atoms with van der Waals surface area (Å²) in [5.41, 5.74) is -0.269. The van der Waals surface area contributed by atoms with Gasteiger partial charge in [-0.2, -0.15) is 0 Å². The van der Waals surface area contributed by atoms with Crippen molar-refractivity contribution in [1.29, 1.82) is 0 Å². The maximum Gasteiger partial charge on any atom is 0.122 e. The van der Waals surface area contributed by atoms with Crippen LogP contribution in [-0.2, 0) is 4.74 Å². The third-order valence-electron chi connectivity index (χ3n) is 0.936. The predicted octanol–water partition coefficient (Wildman–Crippen LogP) is 1.43. The lowest BCUT2D eigenvalue weighted by molar-refractivity contribution is 0.0741. The quantitative estimate of drug-likeness (QED) is 0.466. The van der Waals surface area contributed by atoms with E-state index in [1.807, 2.05) is 13.8 Å². The van der Waals surface area contributed by atoms with Crippen LogP contribution in [0.1, 0.15) is 20.8 Å². The highest BCUT2D eigenvalue weighted by Gasteiger charge is 2.09. The minimum atomic E-state index is -0.269. The molecule has 0 bridgehead atoms. The van der Waals surface area contributed by atoms with E-state index in [0.717, 1.165) is 0 Å². The van der Waals surface area contributed by atoms with Gasteiger partial charge in [0.15, 0.2) is 0 Å². The molecule has 0 amide bonds. The summed E-state index contributed by atoms with van der Waals surface area (Å²) >= 11 is 0. The number of methoxy groups -OCH3 is 1. The Kier molecular flexibility index (Phi) is 2.57. The van der Waals surface area contributed by atoms with Gasteiger partial charge in [0.05, 0.1) is 0 Å². The van der Waals surface area contributed by atoms with Gasteiger partial charge in [0, 0.05) is 7.11 Å². The molecule has 0 rings (SSSR count). The maximum absolute atomic E-state index is 5.00. The average molecular weight is 112 g/mol. The monoisotopic (exact) mass is 112 g/mol. The van der Waals surface area contributed by atoms with Crippen molar-refractivity contribution in [1.82, 2.24) is 0 Å².